The molecule has 2 aliphatic rings. The normalized spacial score (nSPS) is 25.4. The van der Waals surface area contributed by atoms with Crippen molar-refractivity contribution in [3.63, 3.8) is 0 Å². The van der Waals surface area contributed by atoms with Gasteiger partial charge in [-0.1, -0.05) is 0 Å². The fraction of sp³-hybridized carbons (Fsp3) is 0.692. The number of nitrogens with zero attached hydrogens (tertiary/aromatic N) is 1. The van der Waals surface area contributed by atoms with Crippen molar-refractivity contribution in [2.75, 3.05) is 6.54 Å². The first-order valence-corrected chi connectivity index (χ1v) is 6.96. The second kappa shape index (κ2) is 5.12. The van der Waals surface area contributed by atoms with E-state index in [1.54, 1.807) is 6.20 Å². The standard InChI is InChI=1S/C13H18F2N4O/c14-13(15)3-1-8(2-4-13)5-17-12(20)11-9-6-18-19-10(9)7-16-11/h6,8,11,16H,1-5,7H2,(H,17,20)(H,18,19). The van der Waals surface area contributed by atoms with Crippen LogP contribution in [0.15, 0.2) is 6.20 Å². The predicted molar refractivity (Wildman–Crippen MR) is 68.1 cm³/mol. The highest BCUT2D eigenvalue weighted by Crippen LogP contribution is 2.35. The molecule has 1 amide bonds. The Morgan fingerprint density at radius 2 is 2.20 bits per heavy atom. The summed E-state index contributed by atoms with van der Waals surface area (Å²) in [4.78, 5) is 12.1. The summed E-state index contributed by atoms with van der Waals surface area (Å²) in [5.74, 6) is -2.47. The molecule has 110 valence electrons. The van der Waals surface area contributed by atoms with Crippen LogP contribution in [0.2, 0.25) is 0 Å². The number of rotatable bonds is 3. The fourth-order valence-corrected chi connectivity index (χ4v) is 2.91. The molecular weight excluding hydrogens is 266 g/mol. The molecule has 0 saturated heterocycles. The number of halogens is 2. The van der Waals surface area contributed by atoms with E-state index in [2.05, 4.69) is 20.8 Å². The maximum atomic E-state index is 13.0. The van der Waals surface area contributed by atoms with Crippen LogP contribution < -0.4 is 10.6 Å². The Labute approximate surface area is 115 Å². The van der Waals surface area contributed by atoms with E-state index in [-0.39, 0.29) is 30.7 Å². The van der Waals surface area contributed by atoms with Gasteiger partial charge in [0.25, 0.3) is 0 Å². The molecule has 20 heavy (non-hydrogen) atoms. The zero-order chi connectivity index (χ0) is 14.2. The van der Waals surface area contributed by atoms with Gasteiger partial charge in [-0.2, -0.15) is 5.10 Å². The molecule has 1 saturated carbocycles. The number of carbonyl (C=O) groups excluding carboxylic acids is 1. The monoisotopic (exact) mass is 284 g/mol. The molecule has 0 aromatic carbocycles. The summed E-state index contributed by atoms with van der Waals surface area (Å²) in [5, 5.41) is 12.7. The molecular formula is C13H18F2N4O. The van der Waals surface area contributed by atoms with Gasteiger partial charge in [0.05, 0.1) is 11.9 Å². The van der Waals surface area contributed by atoms with E-state index in [0.717, 1.165) is 11.3 Å². The number of nitrogens with one attached hydrogen (secondary N) is 3. The second-order valence-electron chi connectivity index (χ2n) is 5.66. The molecule has 1 aromatic heterocycles. The topological polar surface area (TPSA) is 69.8 Å². The number of aromatic amines is 1. The minimum absolute atomic E-state index is 0.0684. The summed E-state index contributed by atoms with van der Waals surface area (Å²) in [6.07, 6.45) is 2.47. The third-order valence-corrected chi connectivity index (χ3v) is 4.21. The maximum Gasteiger partial charge on any atom is 0.248 e. The average Bonchev–Trinajstić information content (AvgIpc) is 2.99. The van der Waals surface area contributed by atoms with Crippen molar-refractivity contribution in [2.45, 2.75) is 44.2 Å². The number of hydrogen-bond donors (Lipinski definition) is 3. The van der Waals surface area contributed by atoms with Crippen molar-refractivity contribution in [1.29, 1.82) is 0 Å². The summed E-state index contributed by atoms with van der Waals surface area (Å²) in [5.41, 5.74) is 1.81. The van der Waals surface area contributed by atoms with Crippen LogP contribution in [0.5, 0.6) is 0 Å². The second-order valence-corrected chi connectivity index (χ2v) is 5.66. The van der Waals surface area contributed by atoms with Gasteiger partial charge in [-0.25, -0.2) is 8.78 Å². The van der Waals surface area contributed by atoms with Crippen LogP contribution in [0.3, 0.4) is 0 Å². The van der Waals surface area contributed by atoms with Crippen LogP contribution in [-0.4, -0.2) is 28.6 Å². The number of alkyl halides is 2. The molecule has 1 aliphatic carbocycles. The molecule has 7 heteroatoms. The van der Waals surface area contributed by atoms with Crippen LogP contribution in [-0.2, 0) is 11.3 Å². The quantitative estimate of drug-likeness (QED) is 0.787. The molecule has 2 heterocycles. The molecule has 5 nitrogen and oxygen atoms in total. The van der Waals surface area contributed by atoms with E-state index in [1.165, 1.54) is 0 Å². The van der Waals surface area contributed by atoms with E-state index in [9.17, 15) is 13.6 Å². The van der Waals surface area contributed by atoms with Crippen molar-refractivity contribution in [1.82, 2.24) is 20.8 Å². The Hall–Kier alpha value is -1.50. The van der Waals surface area contributed by atoms with Gasteiger partial charge in [-0.05, 0) is 18.8 Å². The SMILES string of the molecule is O=C(NCC1CCC(F)(F)CC1)C1NCc2[nH]ncc21. The van der Waals surface area contributed by atoms with E-state index in [0.29, 0.717) is 25.9 Å². The summed E-state index contributed by atoms with van der Waals surface area (Å²) in [7, 11) is 0. The van der Waals surface area contributed by atoms with Gasteiger partial charge in [0.2, 0.25) is 11.8 Å². The van der Waals surface area contributed by atoms with Crippen LogP contribution in [0, 0.1) is 5.92 Å². The van der Waals surface area contributed by atoms with Gasteiger partial charge >= 0.3 is 0 Å². The summed E-state index contributed by atoms with van der Waals surface area (Å²) in [6.45, 7) is 1.07. The molecule has 0 spiro atoms. The van der Waals surface area contributed by atoms with Crippen molar-refractivity contribution in [3.8, 4) is 0 Å². The third kappa shape index (κ3) is 2.67. The molecule has 3 N–H and O–H groups in total. The first kappa shape index (κ1) is 13.5. The fourth-order valence-electron chi connectivity index (χ4n) is 2.91. The molecule has 3 rings (SSSR count). The van der Waals surface area contributed by atoms with Crippen molar-refractivity contribution >= 4 is 5.91 Å². The van der Waals surface area contributed by atoms with Gasteiger partial charge in [0.15, 0.2) is 0 Å². The van der Waals surface area contributed by atoms with E-state index < -0.39 is 5.92 Å². The number of H-pyrrole nitrogens is 1. The van der Waals surface area contributed by atoms with Crippen LogP contribution in [0.1, 0.15) is 43.0 Å². The lowest BCUT2D eigenvalue weighted by Crippen LogP contribution is -2.38. The first-order valence-electron chi connectivity index (χ1n) is 6.96. The molecule has 0 bridgehead atoms. The summed E-state index contributed by atoms with van der Waals surface area (Å²) >= 11 is 0. The van der Waals surface area contributed by atoms with Crippen LogP contribution in [0.25, 0.3) is 0 Å². The van der Waals surface area contributed by atoms with E-state index in [4.69, 9.17) is 0 Å². The van der Waals surface area contributed by atoms with Gasteiger partial charge in [0.1, 0.15) is 6.04 Å². The average molecular weight is 284 g/mol. The number of aromatic nitrogens is 2. The summed E-state index contributed by atoms with van der Waals surface area (Å²) < 4.78 is 26.1. The smallest absolute Gasteiger partial charge is 0.248 e. The zero-order valence-electron chi connectivity index (χ0n) is 11.1. The molecule has 1 atom stereocenters. The van der Waals surface area contributed by atoms with Gasteiger partial charge in [-0.3, -0.25) is 15.2 Å². The lowest BCUT2D eigenvalue weighted by atomic mass is 9.87. The van der Waals surface area contributed by atoms with Crippen molar-refractivity contribution < 1.29 is 13.6 Å². The number of amides is 1. The summed E-state index contributed by atoms with van der Waals surface area (Å²) in [6, 6.07) is -0.381. The highest BCUT2D eigenvalue weighted by molar-refractivity contribution is 5.84. The zero-order valence-corrected chi connectivity index (χ0v) is 11.1. The van der Waals surface area contributed by atoms with Gasteiger partial charge < -0.3 is 5.32 Å². The number of fused-ring (bicyclic) bond motifs is 1. The lowest BCUT2D eigenvalue weighted by Gasteiger charge is -2.28. The minimum Gasteiger partial charge on any atom is -0.354 e. The molecule has 1 unspecified atom stereocenters. The van der Waals surface area contributed by atoms with Crippen molar-refractivity contribution in [2.24, 2.45) is 5.92 Å². The van der Waals surface area contributed by atoms with E-state index >= 15 is 0 Å². The Kier molecular flexibility index (Phi) is 3.45. The molecule has 1 aliphatic heterocycles. The highest BCUT2D eigenvalue weighted by Gasteiger charge is 2.35. The number of carbonyl (C=O) groups is 1. The molecule has 0 radical (unpaired) electrons. The first-order chi connectivity index (χ1) is 9.55. The van der Waals surface area contributed by atoms with E-state index in [1.807, 2.05) is 0 Å². The van der Waals surface area contributed by atoms with Gasteiger partial charge in [0, 0.05) is 31.5 Å². The highest BCUT2D eigenvalue weighted by atomic mass is 19.3. The van der Waals surface area contributed by atoms with Crippen molar-refractivity contribution in [3.05, 3.63) is 17.5 Å². The predicted octanol–water partition coefficient (Wildman–Crippen LogP) is 1.50. The minimum atomic E-state index is -2.51. The van der Waals surface area contributed by atoms with Crippen LogP contribution in [0.4, 0.5) is 8.78 Å². The maximum absolute atomic E-state index is 13.0. The Morgan fingerprint density at radius 1 is 1.45 bits per heavy atom. The lowest BCUT2D eigenvalue weighted by molar-refractivity contribution is -0.123. The van der Waals surface area contributed by atoms with Gasteiger partial charge in [-0.15, -0.1) is 0 Å². The third-order valence-electron chi connectivity index (χ3n) is 4.21. The molecule has 1 aromatic rings. The molecule has 1 fully saturated rings. The van der Waals surface area contributed by atoms with Crippen LogP contribution >= 0.6 is 0 Å². The Bertz CT molecular complexity index is 492. The largest absolute Gasteiger partial charge is 0.354 e. The Balaban J connectivity index is 1.49. The Morgan fingerprint density at radius 3 is 2.95 bits per heavy atom. The number of hydrogen-bond acceptors (Lipinski definition) is 3.